The molecule has 0 spiro atoms. The average molecular weight is 357 g/mol. The van der Waals surface area contributed by atoms with Gasteiger partial charge in [-0.1, -0.05) is 35.9 Å². The maximum absolute atomic E-state index is 12.8. The molecule has 0 radical (unpaired) electrons. The summed E-state index contributed by atoms with van der Waals surface area (Å²) in [6.07, 6.45) is 0. The Bertz CT molecular complexity index is 932. The van der Waals surface area contributed by atoms with Crippen molar-refractivity contribution in [3.8, 4) is 0 Å². The van der Waals surface area contributed by atoms with Crippen LogP contribution in [0.25, 0.3) is 10.1 Å². The van der Waals surface area contributed by atoms with Crippen molar-refractivity contribution in [3.05, 3.63) is 69.2 Å². The molecular formula is C19H17ClN2OS. The first-order chi connectivity index (χ1) is 11.7. The second-order valence-electron chi connectivity index (χ2n) is 5.87. The van der Waals surface area contributed by atoms with E-state index in [0.29, 0.717) is 0 Å². The van der Waals surface area contributed by atoms with Crippen LogP contribution >= 0.6 is 22.9 Å². The van der Waals surface area contributed by atoms with Crippen molar-refractivity contribution in [2.75, 3.05) is 36.0 Å². The van der Waals surface area contributed by atoms with Crippen LogP contribution in [0.1, 0.15) is 0 Å². The first kappa shape index (κ1) is 15.5. The summed E-state index contributed by atoms with van der Waals surface area (Å²) in [5.74, 6) is 0. The molecule has 0 atom stereocenters. The van der Waals surface area contributed by atoms with Gasteiger partial charge in [-0.3, -0.25) is 4.79 Å². The number of fused-ring (bicyclic) bond motifs is 1. The summed E-state index contributed by atoms with van der Waals surface area (Å²) < 4.78 is 1.04. The smallest absolute Gasteiger partial charge is 0.211 e. The van der Waals surface area contributed by atoms with Crippen molar-refractivity contribution in [1.82, 2.24) is 0 Å². The summed E-state index contributed by atoms with van der Waals surface area (Å²) in [4.78, 5) is 17.2. The summed E-state index contributed by atoms with van der Waals surface area (Å²) in [5, 5.41) is 3.59. The Morgan fingerprint density at radius 2 is 1.46 bits per heavy atom. The molecule has 0 amide bonds. The van der Waals surface area contributed by atoms with Crippen molar-refractivity contribution in [1.29, 1.82) is 0 Å². The fourth-order valence-electron chi connectivity index (χ4n) is 3.18. The molecule has 1 saturated heterocycles. The molecule has 1 aliphatic heterocycles. The lowest BCUT2D eigenvalue weighted by atomic mass is 10.2. The van der Waals surface area contributed by atoms with Crippen molar-refractivity contribution < 1.29 is 0 Å². The van der Waals surface area contributed by atoms with Crippen LogP contribution < -0.4 is 15.2 Å². The highest BCUT2D eigenvalue weighted by molar-refractivity contribution is 7.16. The van der Waals surface area contributed by atoms with E-state index >= 15 is 0 Å². The van der Waals surface area contributed by atoms with Gasteiger partial charge in [0.1, 0.15) is 0 Å². The predicted octanol–water partition coefficient (Wildman–Crippen LogP) is 4.24. The van der Waals surface area contributed by atoms with Gasteiger partial charge in [0.05, 0.1) is 16.4 Å². The quantitative estimate of drug-likeness (QED) is 0.686. The zero-order valence-corrected chi connectivity index (χ0v) is 14.7. The van der Waals surface area contributed by atoms with E-state index in [1.807, 2.05) is 47.8 Å². The van der Waals surface area contributed by atoms with Gasteiger partial charge in [0, 0.05) is 41.6 Å². The Hall–Kier alpha value is -2.04. The predicted molar refractivity (Wildman–Crippen MR) is 104 cm³/mol. The lowest BCUT2D eigenvalue weighted by Gasteiger charge is -2.37. The SMILES string of the molecule is O=c1c(N2CCN(c3ccccc3Cl)CC2)csc2ccccc12. The number of halogens is 1. The minimum Gasteiger partial charge on any atom is -0.367 e. The molecule has 0 aliphatic carbocycles. The normalized spacial score (nSPS) is 15.0. The second kappa shape index (κ2) is 6.46. The average Bonchev–Trinajstić information content (AvgIpc) is 2.63. The minimum atomic E-state index is 0.135. The topological polar surface area (TPSA) is 23.6 Å². The number of piperazine rings is 1. The zero-order valence-electron chi connectivity index (χ0n) is 13.1. The third kappa shape index (κ3) is 2.76. The highest BCUT2D eigenvalue weighted by atomic mass is 35.5. The first-order valence-electron chi connectivity index (χ1n) is 7.99. The van der Waals surface area contributed by atoms with Gasteiger partial charge in [0.25, 0.3) is 0 Å². The fraction of sp³-hybridized carbons (Fsp3) is 0.211. The zero-order chi connectivity index (χ0) is 16.5. The molecule has 0 saturated carbocycles. The van der Waals surface area contributed by atoms with Gasteiger partial charge in [0.15, 0.2) is 0 Å². The van der Waals surface area contributed by atoms with Crippen LogP contribution in [0.15, 0.2) is 58.7 Å². The molecule has 1 aromatic heterocycles. The van der Waals surface area contributed by atoms with E-state index in [-0.39, 0.29) is 5.43 Å². The summed E-state index contributed by atoms with van der Waals surface area (Å²) >= 11 is 7.93. The number of para-hydroxylation sites is 1. The van der Waals surface area contributed by atoms with E-state index in [4.69, 9.17) is 11.6 Å². The molecule has 24 heavy (non-hydrogen) atoms. The molecule has 0 N–H and O–H groups in total. The van der Waals surface area contributed by atoms with Gasteiger partial charge in [-0.05, 0) is 24.3 Å². The molecule has 3 nitrogen and oxygen atoms in total. The molecule has 2 heterocycles. The number of rotatable bonds is 2. The van der Waals surface area contributed by atoms with Crippen LogP contribution in [-0.2, 0) is 0 Å². The van der Waals surface area contributed by atoms with E-state index in [1.54, 1.807) is 11.3 Å². The maximum Gasteiger partial charge on any atom is 0.211 e. The van der Waals surface area contributed by atoms with E-state index in [1.165, 1.54) is 0 Å². The van der Waals surface area contributed by atoms with Gasteiger partial charge < -0.3 is 9.80 Å². The number of hydrogen-bond donors (Lipinski definition) is 0. The Morgan fingerprint density at radius 1 is 0.833 bits per heavy atom. The highest BCUT2D eigenvalue weighted by Gasteiger charge is 2.21. The van der Waals surface area contributed by atoms with E-state index in [2.05, 4.69) is 15.9 Å². The van der Waals surface area contributed by atoms with E-state index < -0.39 is 0 Å². The van der Waals surface area contributed by atoms with Gasteiger partial charge >= 0.3 is 0 Å². The van der Waals surface area contributed by atoms with Gasteiger partial charge in [0.2, 0.25) is 5.43 Å². The molecule has 122 valence electrons. The van der Waals surface area contributed by atoms with Crippen molar-refractivity contribution >= 4 is 44.4 Å². The Balaban J connectivity index is 1.57. The van der Waals surface area contributed by atoms with Gasteiger partial charge in [-0.15, -0.1) is 11.3 Å². The number of nitrogens with zero attached hydrogens (tertiary/aromatic N) is 2. The number of benzene rings is 2. The minimum absolute atomic E-state index is 0.135. The molecule has 0 bridgehead atoms. The van der Waals surface area contributed by atoms with Crippen LogP contribution in [0.5, 0.6) is 0 Å². The van der Waals surface area contributed by atoms with Crippen LogP contribution in [0.4, 0.5) is 11.4 Å². The second-order valence-corrected chi connectivity index (χ2v) is 7.19. The number of anilines is 2. The van der Waals surface area contributed by atoms with Crippen molar-refractivity contribution in [2.24, 2.45) is 0 Å². The standard InChI is InChI=1S/C19H17ClN2OS/c20-15-6-2-3-7-16(15)21-9-11-22(12-10-21)17-13-24-18-8-4-1-5-14(18)19(17)23/h1-8,13H,9-12H2. The van der Waals surface area contributed by atoms with Crippen molar-refractivity contribution in [3.63, 3.8) is 0 Å². The molecule has 4 rings (SSSR count). The fourth-order valence-corrected chi connectivity index (χ4v) is 4.38. The maximum atomic E-state index is 12.8. The molecule has 3 aromatic rings. The monoisotopic (exact) mass is 356 g/mol. The largest absolute Gasteiger partial charge is 0.367 e. The third-order valence-electron chi connectivity index (χ3n) is 4.48. The molecule has 5 heteroatoms. The summed E-state index contributed by atoms with van der Waals surface area (Å²) in [5.41, 5.74) is 2.02. The lowest BCUT2D eigenvalue weighted by Crippen LogP contribution is -2.47. The Labute approximate surface area is 149 Å². The van der Waals surface area contributed by atoms with Crippen LogP contribution in [0.2, 0.25) is 5.02 Å². The molecule has 1 fully saturated rings. The number of hydrogen-bond acceptors (Lipinski definition) is 4. The van der Waals surface area contributed by atoms with Gasteiger partial charge in [-0.25, -0.2) is 0 Å². The first-order valence-corrected chi connectivity index (χ1v) is 9.25. The summed E-state index contributed by atoms with van der Waals surface area (Å²) in [6.45, 7) is 3.37. The molecule has 2 aromatic carbocycles. The molecule has 1 aliphatic rings. The van der Waals surface area contributed by atoms with Crippen LogP contribution in [-0.4, -0.2) is 26.2 Å². The van der Waals surface area contributed by atoms with E-state index in [9.17, 15) is 4.79 Å². The summed E-state index contributed by atoms with van der Waals surface area (Å²) in [6, 6.07) is 15.7. The third-order valence-corrected chi connectivity index (χ3v) is 5.75. The Morgan fingerprint density at radius 3 is 2.21 bits per heavy atom. The lowest BCUT2D eigenvalue weighted by molar-refractivity contribution is 0.653. The van der Waals surface area contributed by atoms with Gasteiger partial charge in [-0.2, -0.15) is 0 Å². The van der Waals surface area contributed by atoms with Crippen LogP contribution in [0, 0.1) is 0 Å². The highest BCUT2D eigenvalue weighted by Crippen LogP contribution is 2.27. The van der Waals surface area contributed by atoms with Crippen LogP contribution in [0.3, 0.4) is 0 Å². The Kier molecular flexibility index (Phi) is 4.17. The van der Waals surface area contributed by atoms with Crippen molar-refractivity contribution in [2.45, 2.75) is 0 Å². The molecule has 0 unspecified atom stereocenters. The molecular weight excluding hydrogens is 340 g/mol. The summed E-state index contributed by atoms with van der Waals surface area (Å²) in [7, 11) is 0. The van der Waals surface area contributed by atoms with E-state index in [0.717, 1.165) is 52.7 Å².